The Bertz CT molecular complexity index is 577. The van der Waals surface area contributed by atoms with Gasteiger partial charge >= 0.3 is 0 Å². The summed E-state index contributed by atoms with van der Waals surface area (Å²) < 4.78 is 1.16. The van der Waals surface area contributed by atoms with Crippen LogP contribution in [0, 0.1) is 5.92 Å². The van der Waals surface area contributed by atoms with E-state index < -0.39 is 0 Å². The standard InChI is InChI=1S/C16H20BrNOS/c1-3-11(4-2)14(17)9-18-16(19)13-10-20-15-8-6-5-7-12(13)15/h5-8,10-11,14H,3-4,9H2,1-2H3,(H,18,19). The number of hydrogen-bond acceptors (Lipinski definition) is 2. The highest BCUT2D eigenvalue weighted by molar-refractivity contribution is 9.09. The molecule has 4 heteroatoms. The van der Waals surface area contributed by atoms with E-state index in [0.29, 0.717) is 17.3 Å². The molecule has 1 N–H and O–H groups in total. The predicted molar refractivity (Wildman–Crippen MR) is 90.9 cm³/mol. The van der Waals surface area contributed by atoms with Crippen molar-refractivity contribution in [2.45, 2.75) is 31.5 Å². The zero-order chi connectivity index (χ0) is 14.5. The van der Waals surface area contributed by atoms with E-state index in [9.17, 15) is 4.79 Å². The molecule has 1 atom stereocenters. The molecular weight excluding hydrogens is 334 g/mol. The summed E-state index contributed by atoms with van der Waals surface area (Å²) >= 11 is 5.31. The lowest BCUT2D eigenvalue weighted by Crippen LogP contribution is -2.32. The highest BCUT2D eigenvalue weighted by Gasteiger charge is 2.17. The molecule has 20 heavy (non-hydrogen) atoms. The topological polar surface area (TPSA) is 29.1 Å². The van der Waals surface area contributed by atoms with Crippen LogP contribution in [0.4, 0.5) is 0 Å². The highest BCUT2D eigenvalue weighted by Crippen LogP contribution is 2.25. The van der Waals surface area contributed by atoms with Crippen LogP contribution < -0.4 is 5.32 Å². The molecule has 0 spiro atoms. The molecule has 0 saturated carbocycles. The molecule has 0 radical (unpaired) electrons. The molecule has 2 aromatic rings. The summed E-state index contributed by atoms with van der Waals surface area (Å²) in [6, 6.07) is 8.03. The fourth-order valence-corrected chi connectivity index (χ4v) is 4.26. The summed E-state index contributed by atoms with van der Waals surface area (Å²) in [5, 5.41) is 6.04. The van der Waals surface area contributed by atoms with E-state index in [1.807, 2.05) is 29.6 Å². The molecule has 2 nitrogen and oxygen atoms in total. The van der Waals surface area contributed by atoms with Crippen molar-refractivity contribution in [1.82, 2.24) is 5.32 Å². The molecule has 1 unspecified atom stereocenters. The maximum absolute atomic E-state index is 12.3. The second-order valence-electron chi connectivity index (χ2n) is 4.95. The molecule has 1 aromatic carbocycles. The third-order valence-corrected chi connectivity index (χ3v) is 5.78. The lowest BCUT2D eigenvalue weighted by molar-refractivity contribution is 0.0954. The number of carbonyl (C=O) groups excluding carboxylic acids is 1. The summed E-state index contributed by atoms with van der Waals surface area (Å²) in [5.41, 5.74) is 0.787. The van der Waals surface area contributed by atoms with E-state index >= 15 is 0 Å². The molecule has 0 bridgehead atoms. The summed E-state index contributed by atoms with van der Waals surface area (Å²) in [6.07, 6.45) is 2.26. The number of benzene rings is 1. The van der Waals surface area contributed by atoms with E-state index in [0.717, 1.165) is 28.5 Å². The van der Waals surface area contributed by atoms with E-state index in [-0.39, 0.29) is 5.91 Å². The van der Waals surface area contributed by atoms with Crippen molar-refractivity contribution >= 4 is 43.3 Å². The van der Waals surface area contributed by atoms with Gasteiger partial charge < -0.3 is 5.32 Å². The third kappa shape index (κ3) is 3.41. The summed E-state index contributed by atoms with van der Waals surface area (Å²) in [7, 11) is 0. The van der Waals surface area contributed by atoms with Crippen LogP contribution in [0.3, 0.4) is 0 Å². The molecule has 108 valence electrons. The zero-order valence-corrected chi connectivity index (χ0v) is 14.3. The summed E-state index contributed by atoms with van der Waals surface area (Å²) in [6.45, 7) is 5.06. The van der Waals surface area contributed by atoms with Gasteiger partial charge in [-0.25, -0.2) is 0 Å². The van der Waals surface area contributed by atoms with Crippen LogP contribution in [0.2, 0.25) is 0 Å². The van der Waals surface area contributed by atoms with E-state index in [1.54, 1.807) is 11.3 Å². The predicted octanol–water partition coefficient (Wildman–Crippen LogP) is 4.83. The van der Waals surface area contributed by atoms with Crippen molar-refractivity contribution in [2.24, 2.45) is 5.92 Å². The molecule has 1 heterocycles. The first-order valence-corrected chi connectivity index (χ1v) is 8.85. The molecule has 0 aliphatic heterocycles. The lowest BCUT2D eigenvalue weighted by atomic mass is 9.99. The molecule has 0 aliphatic rings. The first-order valence-electron chi connectivity index (χ1n) is 7.05. The monoisotopic (exact) mass is 353 g/mol. The van der Waals surface area contributed by atoms with Crippen LogP contribution >= 0.6 is 27.3 Å². The summed E-state index contributed by atoms with van der Waals surface area (Å²) in [5.74, 6) is 0.632. The van der Waals surface area contributed by atoms with Gasteiger partial charge in [0.15, 0.2) is 0 Å². The zero-order valence-electron chi connectivity index (χ0n) is 11.9. The minimum Gasteiger partial charge on any atom is -0.351 e. The molecule has 1 amide bonds. The highest BCUT2D eigenvalue weighted by atomic mass is 79.9. The van der Waals surface area contributed by atoms with Gasteiger partial charge in [-0.1, -0.05) is 60.8 Å². The van der Waals surface area contributed by atoms with Crippen LogP contribution in [0.25, 0.3) is 10.1 Å². The Morgan fingerprint density at radius 1 is 1.30 bits per heavy atom. The smallest absolute Gasteiger partial charge is 0.252 e. The largest absolute Gasteiger partial charge is 0.351 e. The van der Waals surface area contributed by atoms with Gasteiger partial charge in [-0.15, -0.1) is 11.3 Å². The van der Waals surface area contributed by atoms with Gasteiger partial charge in [-0.3, -0.25) is 4.79 Å². The van der Waals surface area contributed by atoms with Crippen molar-refractivity contribution in [1.29, 1.82) is 0 Å². The van der Waals surface area contributed by atoms with Crippen LogP contribution in [-0.2, 0) is 0 Å². The van der Waals surface area contributed by atoms with Crippen LogP contribution in [0.15, 0.2) is 29.6 Å². The molecule has 1 aromatic heterocycles. The number of carbonyl (C=O) groups is 1. The van der Waals surface area contributed by atoms with Crippen molar-refractivity contribution < 1.29 is 4.79 Å². The first-order chi connectivity index (χ1) is 9.67. The fourth-order valence-electron chi connectivity index (χ4n) is 2.41. The van der Waals surface area contributed by atoms with Crippen LogP contribution in [-0.4, -0.2) is 17.3 Å². The van der Waals surface area contributed by atoms with Crippen molar-refractivity contribution in [3.8, 4) is 0 Å². The Balaban J connectivity index is 2.02. The minimum absolute atomic E-state index is 0.0258. The average molecular weight is 354 g/mol. The Morgan fingerprint density at radius 3 is 2.70 bits per heavy atom. The van der Waals surface area contributed by atoms with Gasteiger partial charge in [0, 0.05) is 26.8 Å². The van der Waals surface area contributed by atoms with E-state index in [1.165, 1.54) is 0 Å². The number of amides is 1. The van der Waals surface area contributed by atoms with Crippen molar-refractivity contribution in [3.63, 3.8) is 0 Å². The Hall–Kier alpha value is -0.870. The molecule has 0 aliphatic carbocycles. The average Bonchev–Trinajstić information content (AvgIpc) is 2.90. The Morgan fingerprint density at radius 2 is 2.00 bits per heavy atom. The molecule has 0 saturated heterocycles. The van der Waals surface area contributed by atoms with Crippen molar-refractivity contribution in [2.75, 3.05) is 6.54 Å². The number of rotatable bonds is 6. The summed E-state index contributed by atoms with van der Waals surface area (Å²) in [4.78, 5) is 12.6. The van der Waals surface area contributed by atoms with Gasteiger partial charge in [0.1, 0.15) is 0 Å². The van der Waals surface area contributed by atoms with E-state index in [2.05, 4.69) is 35.1 Å². The van der Waals surface area contributed by atoms with Gasteiger partial charge in [0.25, 0.3) is 5.91 Å². The SMILES string of the molecule is CCC(CC)C(Br)CNC(=O)c1csc2ccccc12. The molecule has 2 rings (SSSR count). The first kappa shape index (κ1) is 15.5. The third-order valence-electron chi connectivity index (χ3n) is 3.74. The normalized spacial score (nSPS) is 12.8. The number of hydrogen-bond donors (Lipinski definition) is 1. The minimum atomic E-state index is 0.0258. The number of alkyl halides is 1. The number of fused-ring (bicyclic) bond motifs is 1. The second-order valence-corrected chi connectivity index (χ2v) is 7.04. The second kappa shape index (κ2) is 7.23. The van der Waals surface area contributed by atoms with Gasteiger partial charge in [-0.05, 0) is 12.0 Å². The van der Waals surface area contributed by atoms with Gasteiger partial charge in [-0.2, -0.15) is 0 Å². The van der Waals surface area contributed by atoms with Gasteiger partial charge in [0.05, 0.1) is 5.56 Å². The fraction of sp³-hybridized carbons (Fsp3) is 0.438. The maximum Gasteiger partial charge on any atom is 0.252 e. The quantitative estimate of drug-likeness (QED) is 0.740. The Kier molecular flexibility index (Phi) is 5.61. The van der Waals surface area contributed by atoms with E-state index in [4.69, 9.17) is 0 Å². The molecular formula is C16H20BrNOS. The Labute approximate surface area is 132 Å². The van der Waals surface area contributed by atoms with Crippen LogP contribution in [0.5, 0.6) is 0 Å². The van der Waals surface area contributed by atoms with Crippen LogP contribution in [0.1, 0.15) is 37.0 Å². The molecule has 0 fully saturated rings. The number of halogens is 1. The van der Waals surface area contributed by atoms with Gasteiger partial charge in [0.2, 0.25) is 0 Å². The number of nitrogens with one attached hydrogen (secondary N) is 1. The maximum atomic E-state index is 12.3. The lowest BCUT2D eigenvalue weighted by Gasteiger charge is -2.19. The van der Waals surface area contributed by atoms with Crippen molar-refractivity contribution in [3.05, 3.63) is 35.2 Å². The number of thiophene rings is 1.